The Morgan fingerprint density at radius 2 is 2.20 bits per heavy atom. The van der Waals surface area contributed by atoms with Crippen molar-refractivity contribution in [1.82, 2.24) is 9.97 Å². The Kier molecular flexibility index (Phi) is 3.51. The molecule has 0 spiro atoms. The molecular formula is C11H8FN5O3. The fourth-order valence-electron chi connectivity index (χ4n) is 1.41. The lowest BCUT2D eigenvalue weighted by molar-refractivity contribution is -0.385. The summed E-state index contributed by atoms with van der Waals surface area (Å²) in [6.45, 7) is 0. The van der Waals surface area contributed by atoms with E-state index in [1.165, 1.54) is 12.3 Å². The number of nitro groups is 1. The van der Waals surface area contributed by atoms with Gasteiger partial charge in [-0.15, -0.1) is 0 Å². The second-order valence-electron chi connectivity index (χ2n) is 3.69. The highest BCUT2D eigenvalue weighted by Gasteiger charge is 2.17. The van der Waals surface area contributed by atoms with Crippen molar-refractivity contribution in [3.05, 3.63) is 52.2 Å². The normalized spacial score (nSPS) is 10.1. The van der Waals surface area contributed by atoms with Crippen LogP contribution >= 0.6 is 0 Å². The summed E-state index contributed by atoms with van der Waals surface area (Å²) >= 11 is 0. The molecule has 0 bridgehead atoms. The maximum atomic E-state index is 13.3. The SMILES string of the molecule is Nc1ncc([N+](=O)[O-])cc1C(=O)Nc1ccncc1F. The van der Waals surface area contributed by atoms with Crippen molar-refractivity contribution in [2.24, 2.45) is 0 Å². The summed E-state index contributed by atoms with van der Waals surface area (Å²) in [5, 5.41) is 12.9. The zero-order valence-electron chi connectivity index (χ0n) is 9.91. The molecule has 9 heteroatoms. The van der Waals surface area contributed by atoms with E-state index >= 15 is 0 Å². The lowest BCUT2D eigenvalue weighted by Crippen LogP contribution is -2.16. The molecule has 0 aromatic carbocycles. The average Bonchev–Trinajstić information content (AvgIpc) is 2.41. The lowest BCUT2D eigenvalue weighted by atomic mass is 10.2. The van der Waals surface area contributed by atoms with E-state index in [-0.39, 0.29) is 22.8 Å². The first-order valence-electron chi connectivity index (χ1n) is 5.30. The van der Waals surface area contributed by atoms with Gasteiger partial charge in [0.1, 0.15) is 12.0 Å². The molecule has 1 amide bonds. The van der Waals surface area contributed by atoms with Gasteiger partial charge in [0.05, 0.1) is 22.4 Å². The quantitative estimate of drug-likeness (QED) is 0.644. The number of nitrogens with one attached hydrogen (secondary N) is 1. The van der Waals surface area contributed by atoms with E-state index in [0.717, 1.165) is 18.5 Å². The van der Waals surface area contributed by atoms with Crippen molar-refractivity contribution in [2.45, 2.75) is 0 Å². The largest absolute Gasteiger partial charge is 0.383 e. The highest BCUT2D eigenvalue weighted by molar-refractivity contribution is 6.07. The van der Waals surface area contributed by atoms with Gasteiger partial charge < -0.3 is 11.1 Å². The second-order valence-corrected chi connectivity index (χ2v) is 3.69. The number of nitrogens with zero attached hydrogens (tertiary/aromatic N) is 3. The number of rotatable bonds is 3. The summed E-state index contributed by atoms with van der Waals surface area (Å²) in [6, 6.07) is 2.21. The molecule has 0 saturated carbocycles. The molecule has 0 saturated heterocycles. The summed E-state index contributed by atoms with van der Waals surface area (Å²) in [7, 11) is 0. The number of hydrogen-bond acceptors (Lipinski definition) is 6. The van der Waals surface area contributed by atoms with Crippen molar-refractivity contribution in [1.29, 1.82) is 0 Å². The van der Waals surface area contributed by atoms with Crippen LogP contribution in [0.15, 0.2) is 30.7 Å². The van der Waals surface area contributed by atoms with E-state index in [2.05, 4.69) is 15.3 Å². The number of carbonyl (C=O) groups excluding carboxylic acids is 1. The number of hydrogen-bond donors (Lipinski definition) is 2. The monoisotopic (exact) mass is 277 g/mol. The van der Waals surface area contributed by atoms with Crippen LogP contribution in [0.5, 0.6) is 0 Å². The second kappa shape index (κ2) is 5.26. The molecule has 0 aliphatic carbocycles. The van der Waals surface area contributed by atoms with Gasteiger partial charge >= 0.3 is 0 Å². The first-order valence-corrected chi connectivity index (χ1v) is 5.30. The minimum Gasteiger partial charge on any atom is -0.383 e. The van der Waals surface area contributed by atoms with E-state index in [1.54, 1.807) is 0 Å². The van der Waals surface area contributed by atoms with Gasteiger partial charge in [0.2, 0.25) is 0 Å². The van der Waals surface area contributed by atoms with Gasteiger partial charge in [-0.2, -0.15) is 0 Å². The van der Waals surface area contributed by atoms with Crippen LogP contribution in [0.3, 0.4) is 0 Å². The Balaban J connectivity index is 2.32. The molecule has 0 aliphatic rings. The van der Waals surface area contributed by atoms with Gasteiger partial charge in [-0.05, 0) is 6.07 Å². The zero-order valence-corrected chi connectivity index (χ0v) is 9.91. The van der Waals surface area contributed by atoms with Gasteiger partial charge in [0.15, 0.2) is 5.82 Å². The summed E-state index contributed by atoms with van der Waals surface area (Å²) in [6.07, 6.45) is 3.14. The lowest BCUT2D eigenvalue weighted by Gasteiger charge is -2.07. The smallest absolute Gasteiger partial charge is 0.288 e. The maximum Gasteiger partial charge on any atom is 0.288 e. The predicted octanol–water partition coefficient (Wildman–Crippen LogP) is 1.36. The minimum absolute atomic E-state index is 0.115. The molecule has 20 heavy (non-hydrogen) atoms. The molecule has 2 rings (SSSR count). The van der Waals surface area contributed by atoms with Crippen LogP contribution in [0, 0.1) is 15.9 Å². The number of aromatic nitrogens is 2. The first kappa shape index (κ1) is 13.3. The summed E-state index contributed by atoms with van der Waals surface area (Å²) in [5.41, 5.74) is 4.76. The molecular weight excluding hydrogens is 269 g/mol. The number of halogens is 1. The fraction of sp³-hybridized carbons (Fsp3) is 0. The third-order valence-electron chi connectivity index (χ3n) is 2.38. The van der Waals surface area contributed by atoms with Gasteiger partial charge in [-0.3, -0.25) is 19.9 Å². The van der Waals surface area contributed by atoms with Crippen molar-refractivity contribution in [3.8, 4) is 0 Å². The van der Waals surface area contributed by atoms with Crippen LogP contribution < -0.4 is 11.1 Å². The highest BCUT2D eigenvalue weighted by Crippen LogP contribution is 2.19. The number of nitrogens with two attached hydrogens (primary N) is 1. The number of nitrogen functional groups attached to an aromatic ring is 1. The fourth-order valence-corrected chi connectivity index (χ4v) is 1.41. The van der Waals surface area contributed by atoms with Crippen molar-refractivity contribution in [3.63, 3.8) is 0 Å². The number of anilines is 2. The molecule has 2 aromatic rings. The van der Waals surface area contributed by atoms with Crippen LogP contribution in [-0.4, -0.2) is 20.8 Å². The Hall–Kier alpha value is -3.10. The number of carbonyl (C=O) groups is 1. The molecule has 0 radical (unpaired) electrons. The van der Waals surface area contributed by atoms with Crippen LogP contribution in [-0.2, 0) is 0 Å². The number of pyridine rings is 2. The topological polar surface area (TPSA) is 124 Å². The molecule has 2 aromatic heterocycles. The van der Waals surface area contributed by atoms with Gasteiger partial charge in [-0.1, -0.05) is 0 Å². The van der Waals surface area contributed by atoms with Crippen LogP contribution in [0.25, 0.3) is 0 Å². The predicted molar refractivity (Wildman–Crippen MR) is 67.5 cm³/mol. The Labute approximate surface area is 111 Å². The third-order valence-corrected chi connectivity index (χ3v) is 2.38. The average molecular weight is 277 g/mol. The Morgan fingerprint density at radius 3 is 2.85 bits per heavy atom. The zero-order chi connectivity index (χ0) is 14.7. The van der Waals surface area contributed by atoms with Gasteiger partial charge in [0.25, 0.3) is 11.6 Å². The molecule has 0 aliphatic heterocycles. The maximum absolute atomic E-state index is 13.3. The van der Waals surface area contributed by atoms with E-state index in [9.17, 15) is 19.3 Å². The molecule has 3 N–H and O–H groups in total. The first-order chi connectivity index (χ1) is 9.49. The highest BCUT2D eigenvalue weighted by atomic mass is 19.1. The van der Waals surface area contributed by atoms with E-state index < -0.39 is 16.6 Å². The van der Waals surface area contributed by atoms with E-state index in [4.69, 9.17) is 5.73 Å². The Morgan fingerprint density at radius 1 is 1.45 bits per heavy atom. The molecule has 0 fully saturated rings. The summed E-state index contributed by atoms with van der Waals surface area (Å²) in [4.78, 5) is 28.9. The Bertz CT molecular complexity index is 692. The summed E-state index contributed by atoms with van der Waals surface area (Å²) < 4.78 is 13.3. The molecule has 0 atom stereocenters. The standard InChI is InChI=1S/C11H8FN5O3/c12-8-5-14-2-1-9(8)16-11(18)7-3-6(17(19)20)4-15-10(7)13/h1-5H,(H2,13,15)(H,14,16,18). The van der Waals surface area contributed by atoms with Gasteiger partial charge in [0, 0.05) is 12.3 Å². The number of amides is 1. The van der Waals surface area contributed by atoms with Crippen molar-refractivity contribution < 1.29 is 14.1 Å². The minimum atomic E-state index is -0.802. The summed E-state index contributed by atoms with van der Waals surface area (Å²) in [5.74, 6) is -1.73. The third kappa shape index (κ3) is 2.66. The molecule has 0 unspecified atom stereocenters. The van der Waals surface area contributed by atoms with E-state index in [0.29, 0.717) is 0 Å². The van der Waals surface area contributed by atoms with Gasteiger partial charge in [-0.25, -0.2) is 9.37 Å². The molecule has 102 valence electrons. The van der Waals surface area contributed by atoms with Crippen molar-refractivity contribution >= 4 is 23.1 Å². The van der Waals surface area contributed by atoms with Crippen LogP contribution in [0.2, 0.25) is 0 Å². The molecule has 2 heterocycles. The van der Waals surface area contributed by atoms with Crippen LogP contribution in [0.1, 0.15) is 10.4 Å². The molecule has 8 nitrogen and oxygen atoms in total. The van der Waals surface area contributed by atoms with E-state index in [1.807, 2.05) is 0 Å². The van der Waals surface area contributed by atoms with Crippen molar-refractivity contribution in [2.75, 3.05) is 11.1 Å². The van der Waals surface area contributed by atoms with Crippen LogP contribution in [0.4, 0.5) is 21.6 Å².